The van der Waals surface area contributed by atoms with Crippen molar-refractivity contribution in [2.24, 2.45) is 0 Å². The van der Waals surface area contributed by atoms with Crippen molar-refractivity contribution in [2.45, 2.75) is 26.3 Å². The van der Waals surface area contributed by atoms with E-state index in [2.05, 4.69) is 20.4 Å². The van der Waals surface area contributed by atoms with Gasteiger partial charge in [-0.25, -0.2) is 4.98 Å². The van der Waals surface area contributed by atoms with Crippen LogP contribution in [0.3, 0.4) is 0 Å². The van der Waals surface area contributed by atoms with Crippen LogP contribution in [-0.2, 0) is 11.3 Å². The van der Waals surface area contributed by atoms with Gasteiger partial charge < -0.3 is 19.5 Å². The monoisotopic (exact) mass is 330 g/mol. The summed E-state index contributed by atoms with van der Waals surface area (Å²) in [6, 6.07) is 7.50. The van der Waals surface area contributed by atoms with Crippen LogP contribution in [0, 0.1) is 0 Å². The third-order valence-electron chi connectivity index (χ3n) is 3.89. The zero-order valence-corrected chi connectivity index (χ0v) is 14.0. The fourth-order valence-electron chi connectivity index (χ4n) is 2.46. The molecule has 0 bridgehead atoms. The Kier molecular flexibility index (Phi) is 5.10. The summed E-state index contributed by atoms with van der Waals surface area (Å²) in [5.41, 5.74) is 1.10. The Bertz CT molecular complexity index is 693. The number of morpholine rings is 1. The first-order valence-corrected chi connectivity index (χ1v) is 8.17. The Morgan fingerprint density at radius 1 is 1.33 bits per heavy atom. The lowest BCUT2D eigenvalue weighted by Gasteiger charge is -2.28. The van der Waals surface area contributed by atoms with Crippen molar-refractivity contribution in [1.82, 2.24) is 15.5 Å². The van der Waals surface area contributed by atoms with Crippen molar-refractivity contribution in [1.29, 1.82) is 0 Å². The van der Waals surface area contributed by atoms with Gasteiger partial charge in [0.05, 0.1) is 25.5 Å². The molecule has 0 unspecified atom stereocenters. The molecule has 1 aliphatic heterocycles. The van der Waals surface area contributed by atoms with Gasteiger partial charge in [0.2, 0.25) is 0 Å². The molecule has 0 saturated carbocycles. The van der Waals surface area contributed by atoms with E-state index in [0.717, 1.165) is 24.6 Å². The van der Waals surface area contributed by atoms with Gasteiger partial charge in [0, 0.05) is 25.1 Å². The van der Waals surface area contributed by atoms with Gasteiger partial charge >= 0.3 is 0 Å². The van der Waals surface area contributed by atoms with Crippen LogP contribution in [0.5, 0.6) is 0 Å². The predicted molar refractivity (Wildman–Crippen MR) is 89.0 cm³/mol. The molecule has 24 heavy (non-hydrogen) atoms. The molecule has 1 N–H and O–H groups in total. The molecular weight excluding hydrogens is 308 g/mol. The van der Waals surface area contributed by atoms with E-state index in [1.54, 1.807) is 6.07 Å². The molecule has 2 aromatic heterocycles. The van der Waals surface area contributed by atoms with Gasteiger partial charge in [0.15, 0.2) is 5.69 Å². The first-order chi connectivity index (χ1) is 11.6. The first-order valence-electron chi connectivity index (χ1n) is 8.17. The summed E-state index contributed by atoms with van der Waals surface area (Å²) in [7, 11) is 0. The number of carbonyl (C=O) groups excluding carboxylic acids is 1. The number of nitrogens with one attached hydrogen (secondary N) is 1. The highest BCUT2D eigenvalue weighted by Gasteiger charge is 2.15. The molecule has 7 nitrogen and oxygen atoms in total. The molecule has 3 rings (SSSR count). The first kappa shape index (κ1) is 16.4. The number of rotatable bonds is 5. The highest BCUT2D eigenvalue weighted by molar-refractivity contribution is 5.92. The van der Waals surface area contributed by atoms with Gasteiger partial charge in [0.25, 0.3) is 5.91 Å². The fourth-order valence-corrected chi connectivity index (χ4v) is 2.46. The fraction of sp³-hybridized carbons (Fsp3) is 0.471. The molecule has 1 saturated heterocycles. The number of hydrogen-bond donors (Lipinski definition) is 1. The summed E-state index contributed by atoms with van der Waals surface area (Å²) in [5, 5.41) is 6.64. The Morgan fingerprint density at radius 3 is 2.83 bits per heavy atom. The molecule has 7 heteroatoms. The van der Waals surface area contributed by atoms with E-state index >= 15 is 0 Å². The zero-order chi connectivity index (χ0) is 16.9. The predicted octanol–water partition coefficient (Wildman–Crippen LogP) is 1.96. The summed E-state index contributed by atoms with van der Waals surface area (Å²) in [5.74, 6) is 1.55. The lowest BCUT2D eigenvalue weighted by molar-refractivity contribution is 0.0941. The smallest absolute Gasteiger partial charge is 0.273 e. The number of hydrogen-bond acceptors (Lipinski definition) is 6. The zero-order valence-electron chi connectivity index (χ0n) is 14.0. The standard InChI is InChI=1S/C17H22N4O3/c1-12(2)15-10-14(20-24-15)17(22)18-11-13-4-3-5-16(19-13)21-6-8-23-9-7-21/h3-5,10,12H,6-9,11H2,1-2H3,(H,18,22). The number of anilines is 1. The van der Waals surface area contributed by atoms with E-state index in [4.69, 9.17) is 9.26 Å². The van der Waals surface area contributed by atoms with Gasteiger partial charge in [0.1, 0.15) is 11.6 Å². The third kappa shape index (κ3) is 3.91. The minimum absolute atomic E-state index is 0.200. The van der Waals surface area contributed by atoms with E-state index in [1.165, 1.54) is 0 Å². The maximum atomic E-state index is 12.2. The Labute approximate surface area is 141 Å². The van der Waals surface area contributed by atoms with Gasteiger partial charge in [-0.05, 0) is 12.1 Å². The molecule has 0 spiro atoms. The van der Waals surface area contributed by atoms with Crippen LogP contribution >= 0.6 is 0 Å². The Balaban J connectivity index is 1.60. The minimum Gasteiger partial charge on any atom is -0.378 e. The molecule has 0 aromatic carbocycles. The second kappa shape index (κ2) is 7.44. The summed E-state index contributed by atoms with van der Waals surface area (Å²) >= 11 is 0. The second-order valence-corrected chi connectivity index (χ2v) is 6.04. The van der Waals surface area contributed by atoms with Crippen molar-refractivity contribution in [3.63, 3.8) is 0 Å². The van der Waals surface area contributed by atoms with Crippen molar-refractivity contribution in [3.8, 4) is 0 Å². The van der Waals surface area contributed by atoms with Crippen LogP contribution in [0.25, 0.3) is 0 Å². The number of aromatic nitrogens is 2. The molecule has 2 aromatic rings. The summed E-state index contributed by atoms with van der Waals surface area (Å²) in [6.07, 6.45) is 0. The van der Waals surface area contributed by atoms with Gasteiger partial charge in [-0.15, -0.1) is 0 Å². The van der Waals surface area contributed by atoms with Crippen LogP contribution in [0.4, 0.5) is 5.82 Å². The molecule has 128 valence electrons. The van der Waals surface area contributed by atoms with Gasteiger partial charge in [-0.1, -0.05) is 25.1 Å². The van der Waals surface area contributed by atoms with Crippen molar-refractivity contribution in [2.75, 3.05) is 31.2 Å². The number of nitrogens with zero attached hydrogens (tertiary/aromatic N) is 3. The Morgan fingerprint density at radius 2 is 2.12 bits per heavy atom. The van der Waals surface area contributed by atoms with E-state index in [-0.39, 0.29) is 11.8 Å². The average Bonchev–Trinajstić information content (AvgIpc) is 3.11. The van der Waals surface area contributed by atoms with Crippen LogP contribution < -0.4 is 10.2 Å². The molecule has 1 aliphatic rings. The minimum atomic E-state index is -0.260. The number of ether oxygens (including phenoxy) is 1. The number of amides is 1. The summed E-state index contributed by atoms with van der Waals surface area (Å²) in [4.78, 5) is 18.9. The molecule has 1 fully saturated rings. The molecule has 0 aliphatic carbocycles. The maximum Gasteiger partial charge on any atom is 0.273 e. The topological polar surface area (TPSA) is 80.5 Å². The van der Waals surface area contributed by atoms with Crippen molar-refractivity contribution < 1.29 is 14.1 Å². The van der Waals surface area contributed by atoms with Crippen LogP contribution in [-0.4, -0.2) is 42.4 Å². The van der Waals surface area contributed by atoms with E-state index < -0.39 is 0 Å². The lowest BCUT2D eigenvalue weighted by atomic mass is 10.1. The SMILES string of the molecule is CC(C)c1cc(C(=O)NCc2cccc(N3CCOCC3)n2)no1. The van der Waals surface area contributed by atoms with Gasteiger partial charge in [-0.2, -0.15) is 0 Å². The van der Waals surface area contributed by atoms with E-state index in [0.29, 0.717) is 31.2 Å². The number of carbonyl (C=O) groups is 1. The third-order valence-corrected chi connectivity index (χ3v) is 3.89. The summed E-state index contributed by atoms with van der Waals surface area (Å²) in [6.45, 7) is 7.42. The highest BCUT2D eigenvalue weighted by Crippen LogP contribution is 2.15. The number of pyridine rings is 1. The molecule has 3 heterocycles. The maximum absolute atomic E-state index is 12.2. The summed E-state index contributed by atoms with van der Waals surface area (Å²) < 4.78 is 10.5. The normalized spacial score (nSPS) is 14.9. The van der Waals surface area contributed by atoms with E-state index in [1.807, 2.05) is 32.0 Å². The van der Waals surface area contributed by atoms with Crippen LogP contribution in [0.15, 0.2) is 28.8 Å². The van der Waals surface area contributed by atoms with E-state index in [9.17, 15) is 4.79 Å². The Hall–Kier alpha value is -2.41. The second-order valence-electron chi connectivity index (χ2n) is 6.04. The molecule has 1 amide bonds. The average molecular weight is 330 g/mol. The van der Waals surface area contributed by atoms with Gasteiger partial charge in [-0.3, -0.25) is 4.79 Å². The molecule has 0 radical (unpaired) electrons. The molecular formula is C17H22N4O3. The lowest BCUT2D eigenvalue weighted by Crippen LogP contribution is -2.37. The highest BCUT2D eigenvalue weighted by atomic mass is 16.5. The van der Waals surface area contributed by atoms with Crippen molar-refractivity contribution >= 4 is 11.7 Å². The van der Waals surface area contributed by atoms with Crippen molar-refractivity contribution in [3.05, 3.63) is 41.4 Å². The van der Waals surface area contributed by atoms with Crippen LogP contribution in [0.2, 0.25) is 0 Å². The quantitative estimate of drug-likeness (QED) is 0.903. The largest absolute Gasteiger partial charge is 0.378 e. The molecule has 0 atom stereocenters. The van der Waals surface area contributed by atoms with Crippen LogP contribution in [0.1, 0.15) is 41.7 Å².